The Morgan fingerprint density at radius 1 is 1.42 bits per heavy atom. The van der Waals surface area contributed by atoms with Gasteiger partial charge in [-0.25, -0.2) is 4.79 Å². The summed E-state index contributed by atoms with van der Waals surface area (Å²) in [4.78, 5) is 13.8. The molecule has 1 saturated heterocycles. The predicted octanol–water partition coefficient (Wildman–Crippen LogP) is 2.46. The highest BCUT2D eigenvalue weighted by Gasteiger charge is 2.17. The van der Waals surface area contributed by atoms with Crippen molar-refractivity contribution in [2.75, 3.05) is 32.0 Å². The summed E-state index contributed by atoms with van der Waals surface area (Å²) in [5.74, 6) is 0.572. The lowest BCUT2D eigenvalue weighted by molar-refractivity contribution is 0.207. The molecule has 2 rings (SSSR count). The van der Waals surface area contributed by atoms with Crippen LogP contribution in [0.2, 0.25) is 0 Å². The van der Waals surface area contributed by atoms with Crippen LogP contribution < -0.4 is 10.6 Å². The van der Waals surface area contributed by atoms with E-state index in [2.05, 4.69) is 10.6 Å². The van der Waals surface area contributed by atoms with E-state index in [-0.39, 0.29) is 6.03 Å². The van der Waals surface area contributed by atoms with Crippen molar-refractivity contribution in [1.29, 1.82) is 0 Å². The lowest BCUT2D eigenvalue weighted by atomic mass is 9.99. The zero-order valence-electron chi connectivity index (χ0n) is 11.8. The van der Waals surface area contributed by atoms with Gasteiger partial charge in [-0.05, 0) is 50.9 Å². The van der Waals surface area contributed by atoms with Crippen molar-refractivity contribution in [3.8, 4) is 0 Å². The molecule has 0 bridgehead atoms. The van der Waals surface area contributed by atoms with Crippen molar-refractivity contribution in [2.24, 2.45) is 5.92 Å². The summed E-state index contributed by atoms with van der Waals surface area (Å²) in [6, 6.07) is 7.84. The first-order chi connectivity index (χ1) is 9.15. The number of hydrogen-bond donors (Lipinski definition) is 2. The van der Waals surface area contributed by atoms with E-state index < -0.39 is 0 Å². The van der Waals surface area contributed by atoms with Crippen molar-refractivity contribution >= 4 is 11.7 Å². The maximum atomic E-state index is 12.1. The van der Waals surface area contributed by atoms with Crippen molar-refractivity contribution in [1.82, 2.24) is 10.2 Å². The standard InChI is InChI=1S/C15H23N3O/c1-12-5-7-14(8-6-12)17-15(19)18(2)11-13-4-3-9-16-10-13/h5-8,13,16H,3-4,9-11H2,1-2H3,(H,17,19). The molecule has 0 aromatic heterocycles. The van der Waals surface area contributed by atoms with Gasteiger partial charge in [-0.3, -0.25) is 0 Å². The fraction of sp³-hybridized carbons (Fsp3) is 0.533. The molecule has 1 fully saturated rings. The molecule has 1 aliphatic rings. The van der Waals surface area contributed by atoms with Crippen molar-refractivity contribution in [3.63, 3.8) is 0 Å². The molecule has 104 valence electrons. The molecule has 1 aromatic carbocycles. The first kappa shape index (κ1) is 13.9. The van der Waals surface area contributed by atoms with Gasteiger partial charge in [0.1, 0.15) is 0 Å². The van der Waals surface area contributed by atoms with Crippen LogP contribution in [-0.2, 0) is 0 Å². The zero-order chi connectivity index (χ0) is 13.7. The first-order valence-electron chi connectivity index (χ1n) is 6.94. The molecule has 1 aromatic rings. The fourth-order valence-electron chi connectivity index (χ4n) is 2.41. The maximum Gasteiger partial charge on any atom is 0.321 e. The van der Waals surface area contributed by atoms with E-state index in [1.165, 1.54) is 18.4 Å². The summed E-state index contributed by atoms with van der Waals surface area (Å²) in [7, 11) is 1.86. The highest BCUT2D eigenvalue weighted by atomic mass is 16.2. The van der Waals surface area contributed by atoms with Crippen LogP contribution in [0.15, 0.2) is 24.3 Å². The van der Waals surface area contributed by atoms with E-state index in [0.717, 1.165) is 25.3 Å². The number of nitrogens with one attached hydrogen (secondary N) is 2. The average molecular weight is 261 g/mol. The Morgan fingerprint density at radius 3 is 2.79 bits per heavy atom. The average Bonchev–Trinajstić information content (AvgIpc) is 2.42. The van der Waals surface area contributed by atoms with Gasteiger partial charge in [0.15, 0.2) is 0 Å². The molecule has 4 heteroatoms. The van der Waals surface area contributed by atoms with Crippen LogP contribution in [0.25, 0.3) is 0 Å². The molecule has 1 heterocycles. The molecule has 4 nitrogen and oxygen atoms in total. The molecule has 1 unspecified atom stereocenters. The molecule has 1 atom stereocenters. The number of benzene rings is 1. The largest absolute Gasteiger partial charge is 0.327 e. The molecule has 0 aliphatic carbocycles. The minimum Gasteiger partial charge on any atom is -0.327 e. The molecule has 0 spiro atoms. The number of aryl methyl sites for hydroxylation is 1. The monoisotopic (exact) mass is 261 g/mol. The minimum absolute atomic E-state index is 0.0329. The highest BCUT2D eigenvalue weighted by Crippen LogP contribution is 2.13. The third-order valence-corrected chi connectivity index (χ3v) is 3.58. The second-order valence-electron chi connectivity index (χ2n) is 5.39. The highest BCUT2D eigenvalue weighted by molar-refractivity contribution is 5.89. The molecule has 0 radical (unpaired) electrons. The van der Waals surface area contributed by atoms with Gasteiger partial charge < -0.3 is 15.5 Å². The summed E-state index contributed by atoms with van der Waals surface area (Å²) in [6.07, 6.45) is 2.41. The van der Waals surface area contributed by atoms with Gasteiger partial charge in [0.05, 0.1) is 0 Å². The van der Waals surface area contributed by atoms with Crippen LogP contribution in [0.5, 0.6) is 0 Å². The number of urea groups is 1. The van der Waals surface area contributed by atoms with E-state index in [4.69, 9.17) is 0 Å². The minimum atomic E-state index is -0.0329. The SMILES string of the molecule is Cc1ccc(NC(=O)N(C)CC2CCCNC2)cc1. The van der Waals surface area contributed by atoms with Gasteiger partial charge >= 0.3 is 6.03 Å². The van der Waals surface area contributed by atoms with Crippen LogP contribution in [-0.4, -0.2) is 37.6 Å². The fourth-order valence-corrected chi connectivity index (χ4v) is 2.41. The topological polar surface area (TPSA) is 44.4 Å². The third kappa shape index (κ3) is 4.24. The number of hydrogen-bond acceptors (Lipinski definition) is 2. The Balaban J connectivity index is 1.83. The molecule has 0 saturated carbocycles. The predicted molar refractivity (Wildman–Crippen MR) is 78.4 cm³/mol. The van der Waals surface area contributed by atoms with Gasteiger partial charge in [-0.1, -0.05) is 17.7 Å². The normalized spacial score (nSPS) is 18.9. The molecule has 19 heavy (non-hydrogen) atoms. The van der Waals surface area contributed by atoms with Gasteiger partial charge in [-0.2, -0.15) is 0 Å². The van der Waals surface area contributed by atoms with Crippen LogP contribution in [0, 0.1) is 12.8 Å². The number of carbonyl (C=O) groups is 1. The molecule has 2 N–H and O–H groups in total. The number of rotatable bonds is 3. The van der Waals surface area contributed by atoms with Gasteiger partial charge in [0.25, 0.3) is 0 Å². The number of anilines is 1. The smallest absolute Gasteiger partial charge is 0.321 e. The second-order valence-corrected chi connectivity index (χ2v) is 5.39. The van der Waals surface area contributed by atoms with E-state index in [9.17, 15) is 4.79 Å². The van der Waals surface area contributed by atoms with E-state index in [0.29, 0.717) is 5.92 Å². The van der Waals surface area contributed by atoms with Crippen molar-refractivity contribution < 1.29 is 4.79 Å². The molecular formula is C15H23N3O. The molecule has 2 amide bonds. The quantitative estimate of drug-likeness (QED) is 0.878. The van der Waals surface area contributed by atoms with Crippen LogP contribution >= 0.6 is 0 Å². The summed E-state index contributed by atoms with van der Waals surface area (Å²) in [5.41, 5.74) is 2.05. The lowest BCUT2D eigenvalue weighted by Gasteiger charge is -2.27. The van der Waals surface area contributed by atoms with Crippen molar-refractivity contribution in [2.45, 2.75) is 19.8 Å². The van der Waals surface area contributed by atoms with Gasteiger partial charge in [0.2, 0.25) is 0 Å². The Morgan fingerprint density at radius 2 is 2.16 bits per heavy atom. The second kappa shape index (κ2) is 6.57. The number of amides is 2. The summed E-state index contributed by atoms with van der Waals surface area (Å²) >= 11 is 0. The summed E-state index contributed by atoms with van der Waals surface area (Å²) in [6.45, 7) is 4.97. The van der Waals surface area contributed by atoms with Crippen molar-refractivity contribution in [3.05, 3.63) is 29.8 Å². The van der Waals surface area contributed by atoms with Gasteiger partial charge in [-0.15, -0.1) is 0 Å². The number of carbonyl (C=O) groups excluding carboxylic acids is 1. The maximum absolute atomic E-state index is 12.1. The summed E-state index contributed by atoms with van der Waals surface area (Å²) in [5, 5.41) is 6.30. The van der Waals surface area contributed by atoms with Crippen LogP contribution in [0.1, 0.15) is 18.4 Å². The molecule has 1 aliphatic heterocycles. The Bertz CT molecular complexity index is 410. The Hall–Kier alpha value is -1.55. The lowest BCUT2D eigenvalue weighted by Crippen LogP contribution is -2.40. The molecular weight excluding hydrogens is 238 g/mol. The van der Waals surface area contributed by atoms with Crippen LogP contribution in [0.3, 0.4) is 0 Å². The zero-order valence-corrected chi connectivity index (χ0v) is 11.8. The number of piperidine rings is 1. The van der Waals surface area contributed by atoms with E-state index in [1.54, 1.807) is 4.90 Å². The van der Waals surface area contributed by atoms with Crippen LogP contribution in [0.4, 0.5) is 10.5 Å². The van der Waals surface area contributed by atoms with Gasteiger partial charge in [0, 0.05) is 19.3 Å². The van der Waals surface area contributed by atoms with E-state index in [1.807, 2.05) is 38.2 Å². The third-order valence-electron chi connectivity index (χ3n) is 3.58. The summed E-state index contributed by atoms with van der Waals surface area (Å²) < 4.78 is 0. The Labute approximate surface area is 115 Å². The first-order valence-corrected chi connectivity index (χ1v) is 6.94. The number of nitrogens with zero attached hydrogens (tertiary/aromatic N) is 1. The van der Waals surface area contributed by atoms with E-state index >= 15 is 0 Å². The Kier molecular flexibility index (Phi) is 4.80.